The molecule has 0 fully saturated rings. The highest BCUT2D eigenvalue weighted by molar-refractivity contribution is 7.99. The highest BCUT2D eigenvalue weighted by Gasteiger charge is 2.52. The summed E-state index contributed by atoms with van der Waals surface area (Å²) in [7, 11) is 0. The Hall–Kier alpha value is -15.0. The molecule has 6 heterocycles. The van der Waals surface area contributed by atoms with Crippen molar-refractivity contribution in [2.24, 2.45) is 0 Å². The number of pyridine rings is 2. The fourth-order valence-corrected chi connectivity index (χ4v) is 24.9. The first-order valence-corrected chi connectivity index (χ1v) is 45.2. The van der Waals surface area contributed by atoms with E-state index in [1.165, 1.54) is 168 Å². The molecule has 0 saturated heterocycles. The van der Waals surface area contributed by atoms with E-state index < -0.39 is 10.8 Å². The van der Waals surface area contributed by atoms with Gasteiger partial charge in [0.15, 0.2) is 5.82 Å². The van der Waals surface area contributed by atoms with Gasteiger partial charge in [0, 0.05) is 73.5 Å². The minimum atomic E-state index is -0.447. The van der Waals surface area contributed by atoms with Gasteiger partial charge >= 0.3 is 0 Å². The molecule has 4 aromatic heterocycles. The number of thiophene rings is 1. The van der Waals surface area contributed by atoms with Gasteiger partial charge in [-0.1, -0.05) is 394 Å². The zero-order valence-electron chi connectivity index (χ0n) is 67.4. The van der Waals surface area contributed by atoms with Gasteiger partial charge in [-0.15, -0.1) is 11.3 Å². The van der Waals surface area contributed by atoms with Crippen LogP contribution in [-0.2, 0) is 10.8 Å². The van der Waals surface area contributed by atoms with Crippen molar-refractivity contribution in [3.05, 3.63) is 469 Å². The van der Waals surface area contributed by atoms with Crippen LogP contribution in [0.25, 0.3) is 186 Å². The van der Waals surface area contributed by atoms with E-state index in [9.17, 15) is 0 Å². The molecule has 2 aliphatic carbocycles. The topological polar surface area (TPSA) is 51.6 Å². The van der Waals surface area contributed by atoms with Gasteiger partial charge in [0.1, 0.15) is 0 Å². The zero-order chi connectivity index (χ0) is 82.0. The van der Waals surface area contributed by atoms with Crippen molar-refractivity contribution in [3.8, 4) is 101 Å². The molecule has 0 atom stereocenters. The van der Waals surface area contributed by atoms with E-state index in [0.717, 1.165) is 82.6 Å². The van der Waals surface area contributed by atoms with Gasteiger partial charge < -0.3 is 0 Å². The van der Waals surface area contributed by atoms with Gasteiger partial charge in [-0.05, 0) is 187 Å². The molecule has 19 aromatic carbocycles. The maximum atomic E-state index is 5.49. The third kappa shape index (κ3) is 10.8. The van der Waals surface area contributed by atoms with Gasteiger partial charge in [0.05, 0.1) is 49.2 Å². The fourth-order valence-electron chi connectivity index (χ4n) is 21.3. The molecule has 2 spiro atoms. The molecule has 580 valence electrons. The number of rotatable bonds is 7. The second kappa shape index (κ2) is 28.3. The lowest BCUT2D eigenvalue weighted by Gasteiger charge is -2.40. The summed E-state index contributed by atoms with van der Waals surface area (Å²) >= 11 is 5.53. The maximum Gasteiger partial charge on any atom is 0.160 e. The van der Waals surface area contributed by atoms with Crippen molar-refractivity contribution in [3.63, 3.8) is 0 Å². The SMILES string of the molecule is c1ccc(-c2ccc(-c3c4ccccc4c(-c4ccc(-c5nc6ccccc6c6cc7c(cc56)Sc5ccccc5C75c6ccccc6-c6ccccc65)cc4)c4ccccc34)cc2)cc1.c1ccc(-c2nc(-c3ccc(-c4nc5ccccc5c5cc6c(cc45)Sc4ccccc4C64c5ccccc5-c5ccccc54)cc3)c3sc4ccccc4c3n2)cc1. The Morgan fingerprint density at radius 1 is 0.192 bits per heavy atom. The summed E-state index contributed by atoms with van der Waals surface area (Å²) in [4.78, 5) is 26.4. The summed E-state index contributed by atoms with van der Waals surface area (Å²) < 4.78 is 2.31. The van der Waals surface area contributed by atoms with Crippen LogP contribution < -0.4 is 0 Å². The van der Waals surface area contributed by atoms with Crippen molar-refractivity contribution < 1.29 is 0 Å². The summed E-state index contributed by atoms with van der Waals surface area (Å²) in [6.45, 7) is 0. The van der Waals surface area contributed by atoms with Gasteiger partial charge in [0.2, 0.25) is 0 Å². The number of fused-ring (bicyclic) bond motifs is 29. The molecule has 0 bridgehead atoms. The average molecular weight is 1640 g/mol. The van der Waals surface area contributed by atoms with Crippen LogP contribution in [0.5, 0.6) is 0 Å². The predicted molar refractivity (Wildman–Crippen MR) is 523 cm³/mol. The monoisotopic (exact) mass is 1640 g/mol. The first kappa shape index (κ1) is 71.7. The third-order valence-electron chi connectivity index (χ3n) is 26.7. The quantitative estimate of drug-likeness (QED) is 0.117. The molecule has 4 nitrogen and oxygen atoms in total. The van der Waals surface area contributed by atoms with Gasteiger partial charge in [-0.25, -0.2) is 19.9 Å². The van der Waals surface area contributed by atoms with Gasteiger partial charge in [0.25, 0.3) is 0 Å². The van der Waals surface area contributed by atoms with E-state index in [1.807, 2.05) is 41.7 Å². The molecule has 0 amide bonds. The largest absolute Gasteiger partial charge is 0.247 e. The first-order valence-electron chi connectivity index (χ1n) is 42.7. The van der Waals surface area contributed by atoms with E-state index in [0.29, 0.717) is 0 Å². The Kier molecular flexibility index (Phi) is 16.2. The van der Waals surface area contributed by atoms with Crippen LogP contribution in [0.3, 0.4) is 0 Å². The molecule has 23 aromatic rings. The standard InChI is InChI=1S/C64H39NS.C54H31N3S2/c1-2-16-40(17-3-1)41-30-32-42(33-31-41)61-48-21-4-6-23-50(48)62(51-24-7-5-22-49(51)61)43-34-36-44(37-35-43)63-53-39-60-57(38-52(53)47-20-10-14-28-58(47)65-63)64(56-27-13-15-29-59(56)66-60)54-25-11-8-18-45(54)46-19-9-12-26-55(46)64;1-2-14-34(15-3-1)53-56-50(52-51(57-53)38-19-7-12-24-46(38)59-52)33-28-26-32(27-29-33)49-40-31-48-44(30-39(40)37-18-6-11-23-45(37)55-49)54(43-22-10-13-25-47(43)58-48)41-20-8-4-16-35(41)36-17-5-9-21-42(36)54/h1-39H;1-31H. The zero-order valence-corrected chi connectivity index (χ0v) is 69.9. The average Bonchev–Trinajstić information content (AvgIpc) is 1.54. The Bertz CT molecular complexity index is 8320. The van der Waals surface area contributed by atoms with E-state index in [-0.39, 0.29) is 0 Å². The van der Waals surface area contributed by atoms with Crippen molar-refractivity contribution in [1.82, 2.24) is 19.9 Å². The lowest BCUT2D eigenvalue weighted by Crippen LogP contribution is -2.32. The van der Waals surface area contributed by atoms with Crippen LogP contribution in [0.15, 0.2) is 444 Å². The van der Waals surface area contributed by atoms with Crippen LogP contribution in [0.2, 0.25) is 0 Å². The van der Waals surface area contributed by atoms with E-state index in [2.05, 4.69) is 406 Å². The lowest BCUT2D eigenvalue weighted by atomic mass is 9.67. The van der Waals surface area contributed by atoms with E-state index in [4.69, 9.17) is 19.9 Å². The first-order chi connectivity index (χ1) is 62.0. The summed E-state index contributed by atoms with van der Waals surface area (Å²) in [5.41, 5.74) is 32.6. The van der Waals surface area contributed by atoms with Crippen molar-refractivity contribution >= 4 is 120 Å². The van der Waals surface area contributed by atoms with Crippen LogP contribution in [0, 0.1) is 0 Å². The van der Waals surface area contributed by atoms with Gasteiger partial charge in [-0.3, -0.25) is 0 Å². The van der Waals surface area contributed by atoms with Crippen molar-refractivity contribution in [2.75, 3.05) is 0 Å². The Balaban J connectivity index is 0.000000134. The summed E-state index contributed by atoms with van der Waals surface area (Å²) in [5.74, 6) is 0.733. The molecule has 7 heteroatoms. The minimum Gasteiger partial charge on any atom is -0.247 e. The highest BCUT2D eigenvalue weighted by atomic mass is 32.2. The molecule has 27 rings (SSSR count). The molecular formula is C118H70N4S3. The number of hydrogen-bond acceptors (Lipinski definition) is 7. The molecule has 125 heavy (non-hydrogen) atoms. The molecule has 0 N–H and O–H groups in total. The minimum absolute atomic E-state index is 0.446. The Morgan fingerprint density at radius 3 is 0.960 bits per heavy atom. The second-order valence-electron chi connectivity index (χ2n) is 33.1. The van der Waals surface area contributed by atoms with Crippen LogP contribution in [0.4, 0.5) is 0 Å². The highest BCUT2D eigenvalue weighted by Crippen LogP contribution is 2.65. The second-order valence-corrected chi connectivity index (χ2v) is 36.3. The Morgan fingerprint density at radius 2 is 0.520 bits per heavy atom. The number of para-hydroxylation sites is 2. The number of benzene rings is 19. The third-order valence-corrected chi connectivity index (χ3v) is 30.1. The number of hydrogen-bond donors (Lipinski definition) is 0. The Labute approximate surface area is 734 Å². The van der Waals surface area contributed by atoms with Crippen molar-refractivity contribution in [1.29, 1.82) is 0 Å². The number of aromatic nitrogens is 4. The summed E-state index contributed by atoms with van der Waals surface area (Å²) in [6.07, 6.45) is 0. The number of nitrogens with zero attached hydrogens (tertiary/aromatic N) is 4. The van der Waals surface area contributed by atoms with Crippen LogP contribution in [-0.4, -0.2) is 19.9 Å². The summed E-state index contributed by atoms with van der Waals surface area (Å²) in [5, 5.41) is 13.2. The van der Waals surface area contributed by atoms with Crippen LogP contribution >= 0.6 is 34.9 Å². The smallest absolute Gasteiger partial charge is 0.160 e. The molecule has 2 aliphatic heterocycles. The maximum absolute atomic E-state index is 5.49. The lowest BCUT2D eigenvalue weighted by molar-refractivity contribution is 0.724. The van der Waals surface area contributed by atoms with E-state index in [1.54, 1.807) is 11.3 Å². The van der Waals surface area contributed by atoms with Crippen molar-refractivity contribution in [2.45, 2.75) is 30.4 Å². The van der Waals surface area contributed by atoms with Gasteiger partial charge in [-0.2, -0.15) is 0 Å². The molecular weight excluding hydrogens is 1570 g/mol. The molecule has 4 aliphatic rings. The van der Waals surface area contributed by atoms with Crippen LogP contribution in [0.1, 0.15) is 44.5 Å². The molecule has 0 saturated carbocycles. The normalized spacial score (nSPS) is 13.3. The molecule has 0 unspecified atom stereocenters. The predicted octanol–water partition coefficient (Wildman–Crippen LogP) is 31.6. The summed E-state index contributed by atoms with van der Waals surface area (Å²) in [6, 6.07) is 156. The van der Waals surface area contributed by atoms with E-state index >= 15 is 0 Å². The molecule has 0 radical (unpaired) electrons. The fraction of sp³-hybridized carbons (Fsp3) is 0.0169.